The Bertz CT molecular complexity index is 578. The number of carbonyl (C=O) groups is 1. The predicted molar refractivity (Wildman–Crippen MR) is 73.9 cm³/mol. The van der Waals surface area contributed by atoms with E-state index in [-0.39, 0.29) is 17.8 Å². The molecule has 0 aliphatic rings. The Balaban J connectivity index is 2.05. The van der Waals surface area contributed by atoms with Crippen molar-refractivity contribution in [2.24, 2.45) is 0 Å². The molecular formula is C14H17NO3S. The largest absolute Gasteiger partial charge is 0.482 e. The summed E-state index contributed by atoms with van der Waals surface area (Å²) in [4.78, 5) is 16.2. The van der Waals surface area contributed by atoms with E-state index in [1.165, 1.54) is 18.3 Å². The van der Waals surface area contributed by atoms with Crippen LogP contribution in [0, 0.1) is 0 Å². The van der Waals surface area contributed by atoms with Gasteiger partial charge in [0.05, 0.1) is 6.20 Å². The Hall–Kier alpha value is -1.62. The number of ether oxygens (including phenoxy) is 1. The molecule has 0 N–H and O–H groups in total. The third-order valence-electron chi connectivity index (χ3n) is 2.59. The van der Waals surface area contributed by atoms with Crippen LogP contribution in [0.4, 0.5) is 0 Å². The van der Waals surface area contributed by atoms with Crippen LogP contribution in [0.1, 0.15) is 49.0 Å². The molecule has 0 bridgehead atoms. The molecule has 0 aromatic carbocycles. The van der Waals surface area contributed by atoms with Gasteiger partial charge in [0.15, 0.2) is 12.4 Å². The SMILES string of the molecule is CC(=O)c1sccc1OCc1ncc(C(C)(C)C)o1. The van der Waals surface area contributed by atoms with E-state index in [2.05, 4.69) is 25.8 Å². The van der Waals surface area contributed by atoms with E-state index in [4.69, 9.17) is 9.15 Å². The van der Waals surface area contributed by atoms with Gasteiger partial charge in [-0.1, -0.05) is 20.8 Å². The van der Waals surface area contributed by atoms with Crippen LogP contribution < -0.4 is 4.74 Å². The van der Waals surface area contributed by atoms with E-state index >= 15 is 0 Å². The van der Waals surface area contributed by atoms with E-state index in [1.54, 1.807) is 12.3 Å². The highest BCUT2D eigenvalue weighted by molar-refractivity contribution is 7.12. The molecule has 0 fully saturated rings. The smallest absolute Gasteiger partial charge is 0.232 e. The molecule has 102 valence electrons. The fourth-order valence-corrected chi connectivity index (χ4v) is 2.27. The molecule has 2 rings (SSSR count). The lowest BCUT2D eigenvalue weighted by molar-refractivity contribution is 0.101. The van der Waals surface area contributed by atoms with Crippen molar-refractivity contribution in [1.29, 1.82) is 0 Å². The highest BCUT2D eigenvalue weighted by atomic mass is 32.1. The van der Waals surface area contributed by atoms with E-state index in [1.807, 2.05) is 5.38 Å². The van der Waals surface area contributed by atoms with Crippen LogP contribution in [-0.4, -0.2) is 10.8 Å². The molecule has 0 atom stereocenters. The molecule has 5 heteroatoms. The minimum Gasteiger partial charge on any atom is -0.482 e. The summed E-state index contributed by atoms with van der Waals surface area (Å²) in [6, 6.07) is 1.79. The van der Waals surface area contributed by atoms with Crippen molar-refractivity contribution in [3.8, 4) is 5.75 Å². The molecule has 0 amide bonds. The number of hydrogen-bond acceptors (Lipinski definition) is 5. The number of Topliss-reactive ketones (excluding diaryl/α,β-unsaturated/α-hetero) is 1. The van der Waals surface area contributed by atoms with Crippen molar-refractivity contribution in [2.75, 3.05) is 0 Å². The minimum absolute atomic E-state index is 0.00721. The molecular weight excluding hydrogens is 262 g/mol. The molecule has 2 heterocycles. The van der Waals surface area contributed by atoms with Crippen molar-refractivity contribution in [3.05, 3.63) is 34.2 Å². The van der Waals surface area contributed by atoms with Gasteiger partial charge in [-0.15, -0.1) is 11.3 Å². The normalized spacial score (nSPS) is 11.6. The van der Waals surface area contributed by atoms with Crippen LogP contribution in [0.3, 0.4) is 0 Å². The standard InChI is InChI=1S/C14H17NO3S/c1-9(16)13-10(5-6-19-13)17-8-12-15-7-11(18-12)14(2,3)4/h5-7H,8H2,1-4H3. The Morgan fingerprint density at radius 2 is 2.21 bits per heavy atom. The molecule has 0 aliphatic carbocycles. The number of ketones is 1. The Kier molecular flexibility index (Phi) is 3.75. The monoisotopic (exact) mass is 279 g/mol. The first kappa shape index (κ1) is 13.8. The maximum atomic E-state index is 11.4. The molecule has 4 nitrogen and oxygen atoms in total. The number of aromatic nitrogens is 1. The zero-order valence-electron chi connectivity index (χ0n) is 11.5. The highest BCUT2D eigenvalue weighted by Crippen LogP contribution is 2.27. The Labute approximate surface area is 116 Å². The van der Waals surface area contributed by atoms with Gasteiger partial charge in [-0.3, -0.25) is 4.79 Å². The van der Waals surface area contributed by atoms with Crippen LogP contribution in [-0.2, 0) is 12.0 Å². The van der Waals surface area contributed by atoms with Gasteiger partial charge in [-0.05, 0) is 11.4 Å². The molecule has 0 saturated heterocycles. The average molecular weight is 279 g/mol. The molecule has 0 radical (unpaired) electrons. The molecule has 2 aromatic heterocycles. The minimum atomic E-state index is -0.0713. The van der Waals surface area contributed by atoms with Crippen molar-refractivity contribution in [1.82, 2.24) is 4.98 Å². The fourth-order valence-electron chi connectivity index (χ4n) is 1.53. The van der Waals surface area contributed by atoms with E-state index < -0.39 is 0 Å². The first-order chi connectivity index (χ1) is 8.88. The maximum Gasteiger partial charge on any atom is 0.232 e. The second kappa shape index (κ2) is 5.17. The third-order valence-corrected chi connectivity index (χ3v) is 3.59. The van der Waals surface area contributed by atoms with Crippen molar-refractivity contribution >= 4 is 17.1 Å². The predicted octanol–water partition coefficient (Wildman–Crippen LogP) is 3.82. The van der Waals surface area contributed by atoms with Gasteiger partial charge < -0.3 is 9.15 Å². The van der Waals surface area contributed by atoms with E-state index in [0.29, 0.717) is 16.5 Å². The number of nitrogens with zero attached hydrogens (tertiary/aromatic N) is 1. The van der Waals surface area contributed by atoms with Gasteiger partial charge in [0, 0.05) is 12.3 Å². The third kappa shape index (κ3) is 3.23. The number of rotatable bonds is 4. The summed E-state index contributed by atoms with van der Waals surface area (Å²) in [5.41, 5.74) is -0.0713. The van der Waals surface area contributed by atoms with Crippen LogP contribution in [0.5, 0.6) is 5.75 Å². The average Bonchev–Trinajstić information content (AvgIpc) is 2.94. The van der Waals surface area contributed by atoms with Crippen molar-refractivity contribution in [3.63, 3.8) is 0 Å². The van der Waals surface area contributed by atoms with Crippen LogP contribution in [0.25, 0.3) is 0 Å². The molecule has 0 aliphatic heterocycles. The Morgan fingerprint density at radius 1 is 1.47 bits per heavy atom. The first-order valence-electron chi connectivity index (χ1n) is 6.04. The zero-order chi connectivity index (χ0) is 14.0. The number of thiophene rings is 1. The highest BCUT2D eigenvalue weighted by Gasteiger charge is 2.19. The fraction of sp³-hybridized carbons (Fsp3) is 0.429. The zero-order valence-corrected chi connectivity index (χ0v) is 12.3. The summed E-state index contributed by atoms with van der Waals surface area (Å²) in [6.07, 6.45) is 1.72. The molecule has 0 spiro atoms. The maximum absolute atomic E-state index is 11.4. The summed E-state index contributed by atoms with van der Waals surface area (Å²) < 4.78 is 11.2. The molecule has 2 aromatic rings. The quantitative estimate of drug-likeness (QED) is 0.798. The second-order valence-corrected chi connectivity index (χ2v) is 6.24. The first-order valence-corrected chi connectivity index (χ1v) is 6.92. The van der Waals surface area contributed by atoms with Gasteiger partial charge in [0.25, 0.3) is 0 Å². The van der Waals surface area contributed by atoms with Gasteiger partial charge >= 0.3 is 0 Å². The van der Waals surface area contributed by atoms with Gasteiger partial charge in [0.1, 0.15) is 16.4 Å². The summed E-state index contributed by atoms with van der Waals surface area (Å²) in [6.45, 7) is 7.94. The molecule has 0 unspecified atom stereocenters. The van der Waals surface area contributed by atoms with Gasteiger partial charge in [0.2, 0.25) is 5.89 Å². The number of hydrogen-bond donors (Lipinski definition) is 0. The summed E-state index contributed by atoms with van der Waals surface area (Å²) >= 11 is 1.38. The molecule has 19 heavy (non-hydrogen) atoms. The van der Waals surface area contributed by atoms with Crippen LogP contribution in [0.15, 0.2) is 22.1 Å². The Morgan fingerprint density at radius 3 is 2.79 bits per heavy atom. The lowest BCUT2D eigenvalue weighted by Gasteiger charge is -2.13. The number of carbonyl (C=O) groups excluding carboxylic acids is 1. The van der Waals surface area contributed by atoms with E-state index in [9.17, 15) is 4.79 Å². The lowest BCUT2D eigenvalue weighted by atomic mass is 9.94. The summed E-state index contributed by atoms with van der Waals surface area (Å²) in [5, 5.41) is 1.84. The topological polar surface area (TPSA) is 52.3 Å². The molecule has 0 saturated carbocycles. The van der Waals surface area contributed by atoms with Gasteiger partial charge in [-0.25, -0.2) is 4.98 Å². The summed E-state index contributed by atoms with van der Waals surface area (Å²) in [7, 11) is 0. The lowest BCUT2D eigenvalue weighted by Crippen LogP contribution is -2.09. The van der Waals surface area contributed by atoms with E-state index in [0.717, 1.165) is 5.76 Å². The second-order valence-electron chi connectivity index (χ2n) is 5.33. The number of oxazole rings is 1. The van der Waals surface area contributed by atoms with Crippen molar-refractivity contribution in [2.45, 2.75) is 39.7 Å². The van der Waals surface area contributed by atoms with Crippen LogP contribution >= 0.6 is 11.3 Å². The van der Waals surface area contributed by atoms with Crippen molar-refractivity contribution < 1.29 is 13.9 Å². The van der Waals surface area contributed by atoms with Crippen LogP contribution in [0.2, 0.25) is 0 Å². The summed E-state index contributed by atoms with van der Waals surface area (Å²) in [5.74, 6) is 1.94. The van der Waals surface area contributed by atoms with Gasteiger partial charge in [-0.2, -0.15) is 0 Å².